The van der Waals surface area contributed by atoms with E-state index in [0.717, 1.165) is 11.1 Å². The van der Waals surface area contributed by atoms with Crippen LogP contribution in [0.5, 0.6) is 0 Å². The zero-order valence-corrected chi connectivity index (χ0v) is 17.7. The summed E-state index contributed by atoms with van der Waals surface area (Å²) in [6, 6.07) is 8.21. The lowest BCUT2D eigenvalue weighted by molar-refractivity contribution is 0.0696. The number of hydrogen-bond acceptors (Lipinski definition) is 3. The number of aromatic nitrogens is 1. The van der Waals surface area contributed by atoms with Gasteiger partial charge in [-0.05, 0) is 78.7 Å². The van der Waals surface area contributed by atoms with Crippen LogP contribution >= 0.6 is 11.8 Å². The average Bonchev–Trinajstić information content (AvgIpc) is 2.68. The first-order chi connectivity index (χ1) is 13.5. The van der Waals surface area contributed by atoms with Crippen molar-refractivity contribution in [2.24, 2.45) is 0 Å². The molecule has 0 spiro atoms. The third kappa shape index (κ3) is 4.25. The number of pyridine rings is 1. The third-order valence-electron chi connectivity index (χ3n) is 5.50. The van der Waals surface area contributed by atoms with Gasteiger partial charge in [0, 0.05) is 16.7 Å². The van der Waals surface area contributed by atoms with Gasteiger partial charge in [0.15, 0.2) is 0 Å². The number of benzene rings is 1. The van der Waals surface area contributed by atoms with Crippen LogP contribution in [0.3, 0.4) is 0 Å². The molecule has 1 N–H and O–H groups in total. The molecule has 2 heterocycles. The Hall–Kier alpha value is -2.25. The van der Waals surface area contributed by atoms with Crippen LogP contribution in [0.15, 0.2) is 35.4 Å². The Balaban J connectivity index is 1.96. The van der Waals surface area contributed by atoms with E-state index in [9.17, 15) is 4.79 Å². The fourth-order valence-corrected chi connectivity index (χ4v) is 5.50. The molecule has 28 heavy (non-hydrogen) atoms. The minimum Gasteiger partial charge on any atom is -0.478 e. The molecule has 3 rings (SSSR count). The standard InChI is InChI=1S/C24H27NO2S/c1-4-10-24(11-5-2)12-13-28-22-9-7-18(15-20(22)24)6-8-21-17(3)14-19(16-25-21)23(26)27/h7,9,14-16H,4-5,10-13H2,1-3H3,(H,26,27). The molecule has 146 valence electrons. The molecular formula is C24H27NO2S. The normalized spacial score (nSPS) is 14.7. The van der Waals surface area contributed by atoms with Crippen LogP contribution < -0.4 is 0 Å². The van der Waals surface area contributed by atoms with Crippen LogP contribution in [-0.4, -0.2) is 21.8 Å². The number of aryl methyl sites for hydroxylation is 1. The number of thioether (sulfide) groups is 1. The molecule has 1 aliphatic heterocycles. The highest BCUT2D eigenvalue weighted by Crippen LogP contribution is 2.47. The van der Waals surface area contributed by atoms with Crippen LogP contribution in [0, 0.1) is 18.8 Å². The van der Waals surface area contributed by atoms with Gasteiger partial charge in [0.05, 0.1) is 5.56 Å². The highest BCUT2D eigenvalue weighted by molar-refractivity contribution is 7.99. The van der Waals surface area contributed by atoms with Gasteiger partial charge in [0.25, 0.3) is 0 Å². The van der Waals surface area contributed by atoms with Crippen molar-refractivity contribution in [1.82, 2.24) is 4.98 Å². The quantitative estimate of drug-likeness (QED) is 0.650. The van der Waals surface area contributed by atoms with Crippen LogP contribution in [0.25, 0.3) is 0 Å². The van der Waals surface area contributed by atoms with Crippen molar-refractivity contribution in [3.8, 4) is 11.8 Å². The lowest BCUT2D eigenvalue weighted by atomic mass is 9.71. The first kappa shape index (κ1) is 20.5. The van der Waals surface area contributed by atoms with E-state index in [2.05, 4.69) is 48.9 Å². The molecular weight excluding hydrogens is 366 g/mol. The number of nitrogens with zero attached hydrogens (tertiary/aromatic N) is 1. The number of hydrogen-bond donors (Lipinski definition) is 1. The van der Waals surface area contributed by atoms with Crippen molar-refractivity contribution in [3.05, 3.63) is 58.4 Å². The first-order valence-electron chi connectivity index (χ1n) is 9.98. The van der Waals surface area contributed by atoms with Gasteiger partial charge >= 0.3 is 5.97 Å². The Labute approximate surface area is 172 Å². The Morgan fingerprint density at radius 2 is 1.96 bits per heavy atom. The largest absolute Gasteiger partial charge is 0.478 e. The summed E-state index contributed by atoms with van der Waals surface area (Å²) in [4.78, 5) is 16.7. The number of aromatic carboxylic acids is 1. The second-order valence-corrected chi connectivity index (χ2v) is 8.67. The summed E-state index contributed by atoms with van der Waals surface area (Å²) in [7, 11) is 0. The average molecular weight is 394 g/mol. The summed E-state index contributed by atoms with van der Waals surface area (Å²) in [5.74, 6) is 6.61. The maximum absolute atomic E-state index is 11.1. The van der Waals surface area contributed by atoms with Crippen molar-refractivity contribution in [3.63, 3.8) is 0 Å². The Morgan fingerprint density at radius 1 is 1.21 bits per heavy atom. The van der Waals surface area contributed by atoms with E-state index in [1.54, 1.807) is 6.07 Å². The Kier molecular flexibility index (Phi) is 6.46. The van der Waals surface area contributed by atoms with Crippen molar-refractivity contribution < 1.29 is 9.90 Å². The summed E-state index contributed by atoms with van der Waals surface area (Å²) in [6.07, 6.45) is 7.44. The molecule has 2 aromatic rings. The molecule has 0 amide bonds. The second kappa shape index (κ2) is 8.84. The fraction of sp³-hybridized carbons (Fsp3) is 0.417. The number of carbonyl (C=O) groups is 1. The van der Waals surface area contributed by atoms with Crippen molar-refractivity contribution in [2.45, 2.75) is 63.2 Å². The lowest BCUT2D eigenvalue weighted by Gasteiger charge is -2.39. The molecule has 1 aromatic heterocycles. The predicted octanol–water partition coefficient (Wildman–Crippen LogP) is 5.82. The summed E-state index contributed by atoms with van der Waals surface area (Å²) < 4.78 is 0. The molecule has 4 heteroatoms. The van der Waals surface area contributed by atoms with Gasteiger partial charge in [-0.15, -0.1) is 11.8 Å². The summed E-state index contributed by atoms with van der Waals surface area (Å²) in [6.45, 7) is 6.40. The first-order valence-corrected chi connectivity index (χ1v) is 11.0. The number of rotatable bonds is 5. The highest BCUT2D eigenvalue weighted by Gasteiger charge is 2.35. The smallest absolute Gasteiger partial charge is 0.337 e. The number of carboxylic acid groups (broad SMARTS) is 1. The third-order valence-corrected chi connectivity index (χ3v) is 6.57. The summed E-state index contributed by atoms with van der Waals surface area (Å²) >= 11 is 1.96. The lowest BCUT2D eigenvalue weighted by Crippen LogP contribution is -2.30. The molecule has 0 unspecified atom stereocenters. The monoisotopic (exact) mass is 393 g/mol. The molecule has 0 fully saturated rings. The van der Waals surface area contributed by atoms with E-state index < -0.39 is 5.97 Å². The van der Waals surface area contributed by atoms with Crippen molar-refractivity contribution >= 4 is 17.7 Å². The topological polar surface area (TPSA) is 50.2 Å². The van der Waals surface area contributed by atoms with Crippen molar-refractivity contribution in [1.29, 1.82) is 0 Å². The SMILES string of the molecule is CCCC1(CCC)CCSc2ccc(C#Cc3ncc(C(=O)O)cc3C)cc21. The van der Waals surface area contributed by atoms with E-state index in [1.165, 1.54) is 54.5 Å². The van der Waals surface area contributed by atoms with E-state index in [-0.39, 0.29) is 11.0 Å². The van der Waals surface area contributed by atoms with Crippen LogP contribution in [0.1, 0.15) is 78.7 Å². The van der Waals surface area contributed by atoms with Crippen LogP contribution in [0.2, 0.25) is 0 Å². The van der Waals surface area contributed by atoms with Gasteiger partial charge in [0.1, 0.15) is 5.69 Å². The van der Waals surface area contributed by atoms with Gasteiger partial charge in [0.2, 0.25) is 0 Å². The number of fused-ring (bicyclic) bond motifs is 1. The molecule has 1 aromatic carbocycles. The van der Waals surface area contributed by atoms with E-state index >= 15 is 0 Å². The molecule has 0 aliphatic carbocycles. The van der Waals surface area contributed by atoms with Gasteiger partial charge in [-0.25, -0.2) is 9.78 Å². The molecule has 1 aliphatic rings. The maximum Gasteiger partial charge on any atom is 0.337 e. The van der Waals surface area contributed by atoms with Crippen LogP contribution in [0.4, 0.5) is 0 Å². The van der Waals surface area contributed by atoms with E-state index in [0.29, 0.717) is 5.69 Å². The molecule has 0 atom stereocenters. The van der Waals surface area contributed by atoms with Gasteiger partial charge in [-0.2, -0.15) is 0 Å². The maximum atomic E-state index is 11.1. The molecule has 3 nitrogen and oxygen atoms in total. The fourth-order valence-electron chi connectivity index (χ4n) is 4.19. The second-order valence-electron chi connectivity index (χ2n) is 7.53. The zero-order chi connectivity index (χ0) is 20.1. The minimum atomic E-state index is -0.967. The molecule has 0 radical (unpaired) electrons. The summed E-state index contributed by atoms with van der Waals surface area (Å²) in [5.41, 5.74) is 4.35. The number of carboxylic acids is 1. The molecule has 0 saturated heterocycles. The minimum absolute atomic E-state index is 0.192. The Bertz CT molecular complexity index is 933. The molecule has 0 saturated carbocycles. The van der Waals surface area contributed by atoms with Gasteiger partial charge in [-0.1, -0.05) is 32.6 Å². The van der Waals surface area contributed by atoms with E-state index in [1.807, 2.05) is 18.7 Å². The highest BCUT2D eigenvalue weighted by atomic mass is 32.2. The summed E-state index contributed by atoms with van der Waals surface area (Å²) in [5, 5.41) is 9.08. The predicted molar refractivity (Wildman–Crippen MR) is 115 cm³/mol. The van der Waals surface area contributed by atoms with Crippen molar-refractivity contribution in [2.75, 3.05) is 5.75 Å². The Morgan fingerprint density at radius 3 is 2.61 bits per heavy atom. The van der Waals surface area contributed by atoms with E-state index in [4.69, 9.17) is 5.11 Å². The molecule has 0 bridgehead atoms. The van der Waals surface area contributed by atoms with Crippen LogP contribution in [-0.2, 0) is 5.41 Å². The zero-order valence-electron chi connectivity index (χ0n) is 16.8. The van der Waals surface area contributed by atoms with Gasteiger partial charge in [-0.3, -0.25) is 0 Å². The van der Waals surface area contributed by atoms with Gasteiger partial charge < -0.3 is 5.11 Å².